The molecule has 0 saturated carbocycles. The van der Waals surface area contributed by atoms with Gasteiger partial charge in [-0.25, -0.2) is 5.84 Å². The maximum atomic E-state index is 11.9. The van der Waals surface area contributed by atoms with E-state index in [0.29, 0.717) is 11.3 Å². The maximum absolute atomic E-state index is 11.9. The van der Waals surface area contributed by atoms with Crippen molar-refractivity contribution in [2.24, 2.45) is 5.84 Å². The Labute approximate surface area is 109 Å². The molecular weight excluding hydrogens is 250 g/mol. The average molecular weight is 263 g/mol. The van der Waals surface area contributed by atoms with E-state index < -0.39 is 17.7 Å². The first-order valence-electron chi connectivity index (χ1n) is 5.67. The number of rotatable bonds is 4. The Bertz CT molecular complexity index is 556. The Morgan fingerprint density at radius 2 is 2.16 bits per heavy atom. The van der Waals surface area contributed by atoms with Crippen molar-refractivity contribution < 1.29 is 19.2 Å². The number of carbonyl (C=O) groups excluding carboxylic acids is 3. The number of amides is 1. The minimum absolute atomic E-state index is 0.0585. The summed E-state index contributed by atoms with van der Waals surface area (Å²) in [6, 6.07) is 5.12. The lowest BCUT2D eigenvalue weighted by Crippen LogP contribution is -2.34. The molecule has 1 aliphatic rings. The highest BCUT2D eigenvalue weighted by Gasteiger charge is 2.36. The van der Waals surface area contributed by atoms with Gasteiger partial charge in [0.2, 0.25) is 0 Å². The van der Waals surface area contributed by atoms with Crippen LogP contribution in [0.5, 0.6) is 0 Å². The van der Waals surface area contributed by atoms with Gasteiger partial charge in [0.05, 0.1) is 17.7 Å². The van der Waals surface area contributed by atoms with Crippen LogP contribution in [-0.2, 0) is 14.4 Å². The second-order valence-electron chi connectivity index (χ2n) is 4.10. The summed E-state index contributed by atoms with van der Waals surface area (Å²) in [5.41, 5.74) is 3.51. The quantitative estimate of drug-likeness (QED) is 0.444. The van der Waals surface area contributed by atoms with Crippen LogP contribution in [0.4, 0.5) is 5.69 Å². The van der Waals surface area contributed by atoms with Gasteiger partial charge in [-0.2, -0.15) is 0 Å². The van der Waals surface area contributed by atoms with Gasteiger partial charge in [-0.1, -0.05) is 17.7 Å². The molecular formula is C12H13N3O4. The number of para-hydroxylation sites is 1. The second kappa shape index (κ2) is 5.17. The molecule has 0 spiro atoms. The van der Waals surface area contributed by atoms with Crippen LogP contribution in [0.2, 0.25) is 0 Å². The molecule has 0 fully saturated rings. The molecule has 0 atom stereocenters. The number of Topliss-reactive ketones (excluding diaryl/α,β-unsaturated/α-hetero) is 1. The lowest BCUT2D eigenvalue weighted by Gasteiger charge is -2.17. The minimum Gasteiger partial charge on any atom is -0.356 e. The summed E-state index contributed by atoms with van der Waals surface area (Å²) < 4.78 is 0. The highest BCUT2D eigenvalue weighted by Crippen LogP contribution is 2.32. The third-order valence-corrected chi connectivity index (χ3v) is 2.90. The molecule has 1 aromatic rings. The van der Waals surface area contributed by atoms with Gasteiger partial charge >= 0.3 is 5.97 Å². The molecule has 0 saturated heterocycles. The van der Waals surface area contributed by atoms with Gasteiger partial charge in [-0.15, -0.1) is 0 Å². The van der Waals surface area contributed by atoms with Gasteiger partial charge in [0.15, 0.2) is 0 Å². The molecule has 3 N–H and O–H groups in total. The van der Waals surface area contributed by atoms with E-state index in [9.17, 15) is 14.4 Å². The maximum Gasteiger partial charge on any atom is 0.328 e. The normalized spacial score (nSPS) is 13.7. The van der Waals surface area contributed by atoms with Crippen molar-refractivity contribution in [3.63, 3.8) is 0 Å². The lowest BCUT2D eigenvalue weighted by atomic mass is 10.1. The van der Waals surface area contributed by atoms with Gasteiger partial charge in [-0.05, 0) is 18.6 Å². The van der Waals surface area contributed by atoms with E-state index in [4.69, 9.17) is 5.84 Å². The highest BCUT2D eigenvalue weighted by molar-refractivity contribution is 6.52. The van der Waals surface area contributed by atoms with Crippen molar-refractivity contribution in [1.29, 1.82) is 0 Å². The third kappa shape index (κ3) is 2.33. The van der Waals surface area contributed by atoms with Crippen molar-refractivity contribution in [1.82, 2.24) is 5.59 Å². The van der Waals surface area contributed by atoms with E-state index >= 15 is 0 Å². The van der Waals surface area contributed by atoms with Crippen LogP contribution < -0.4 is 16.3 Å². The number of fused-ring (bicyclic) bond motifs is 1. The van der Waals surface area contributed by atoms with Crippen LogP contribution in [0.1, 0.15) is 22.3 Å². The predicted octanol–water partition coefficient (Wildman–Crippen LogP) is -0.164. The molecule has 1 heterocycles. The number of carbonyl (C=O) groups is 3. The number of ketones is 1. The molecule has 0 aromatic heterocycles. The minimum atomic E-state index is -0.627. The van der Waals surface area contributed by atoms with Gasteiger partial charge in [-0.3, -0.25) is 14.4 Å². The monoisotopic (exact) mass is 263 g/mol. The van der Waals surface area contributed by atoms with Crippen molar-refractivity contribution >= 4 is 23.3 Å². The number of aryl methyl sites for hydroxylation is 1. The zero-order valence-electron chi connectivity index (χ0n) is 10.3. The van der Waals surface area contributed by atoms with Gasteiger partial charge in [0.25, 0.3) is 11.7 Å². The van der Waals surface area contributed by atoms with Crippen molar-refractivity contribution in [3.8, 4) is 0 Å². The van der Waals surface area contributed by atoms with Crippen LogP contribution in [0.25, 0.3) is 0 Å². The van der Waals surface area contributed by atoms with E-state index in [-0.39, 0.29) is 13.0 Å². The molecule has 2 rings (SSSR count). The van der Waals surface area contributed by atoms with Crippen molar-refractivity contribution in [2.45, 2.75) is 13.3 Å². The largest absolute Gasteiger partial charge is 0.356 e. The summed E-state index contributed by atoms with van der Waals surface area (Å²) in [6.45, 7) is 1.88. The zero-order chi connectivity index (χ0) is 14.0. The summed E-state index contributed by atoms with van der Waals surface area (Å²) in [5.74, 6) is 3.05. The van der Waals surface area contributed by atoms with Crippen LogP contribution >= 0.6 is 0 Å². The third-order valence-electron chi connectivity index (χ3n) is 2.90. The molecule has 1 amide bonds. The first-order chi connectivity index (χ1) is 9.06. The van der Waals surface area contributed by atoms with Crippen molar-refractivity contribution in [3.05, 3.63) is 29.3 Å². The number of hydrogen-bond donors (Lipinski definition) is 2. The number of benzene rings is 1. The molecule has 100 valence electrons. The van der Waals surface area contributed by atoms with Crippen molar-refractivity contribution in [2.75, 3.05) is 11.4 Å². The fraction of sp³-hybridized carbons (Fsp3) is 0.250. The molecule has 0 unspecified atom stereocenters. The van der Waals surface area contributed by atoms with E-state index in [0.717, 1.165) is 5.56 Å². The summed E-state index contributed by atoms with van der Waals surface area (Å²) >= 11 is 0. The molecule has 7 heteroatoms. The first kappa shape index (κ1) is 13.2. The topological polar surface area (TPSA) is 102 Å². The number of nitrogens with one attached hydrogen (secondary N) is 1. The lowest BCUT2D eigenvalue weighted by molar-refractivity contribution is -0.150. The van der Waals surface area contributed by atoms with E-state index in [1.165, 1.54) is 4.90 Å². The fourth-order valence-electron chi connectivity index (χ4n) is 2.07. The second-order valence-corrected chi connectivity index (χ2v) is 4.10. The Balaban J connectivity index is 2.21. The number of anilines is 1. The number of hydrazine groups is 1. The van der Waals surface area contributed by atoms with Gasteiger partial charge in [0.1, 0.15) is 0 Å². The van der Waals surface area contributed by atoms with Crippen LogP contribution in [0, 0.1) is 6.92 Å². The SMILES string of the molecule is Cc1cccc2c1N(CCC(=O)ONN)C(=O)C2=O. The Morgan fingerprint density at radius 3 is 2.84 bits per heavy atom. The van der Waals surface area contributed by atoms with Crippen LogP contribution in [0.3, 0.4) is 0 Å². The fourth-order valence-corrected chi connectivity index (χ4v) is 2.07. The highest BCUT2D eigenvalue weighted by atomic mass is 16.7. The summed E-state index contributed by atoms with van der Waals surface area (Å²) in [7, 11) is 0. The number of nitrogens with two attached hydrogens (primary N) is 1. The number of hydrogen-bond acceptors (Lipinski definition) is 6. The summed E-state index contributed by atoms with van der Waals surface area (Å²) in [4.78, 5) is 40.5. The Kier molecular flexibility index (Phi) is 3.59. The first-order valence-corrected chi connectivity index (χ1v) is 5.67. The molecule has 19 heavy (non-hydrogen) atoms. The van der Waals surface area contributed by atoms with E-state index in [1.807, 2.05) is 0 Å². The molecule has 7 nitrogen and oxygen atoms in total. The average Bonchev–Trinajstić information content (AvgIpc) is 2.62. The standard InChI is InChI=1S/C12H13N3O4/c1-7-3-2-4-8-10(7)15(12(18)11(8)17)6-5-9(16)19-14-13/h2-4,14H,5-6,13H2,1H3. The van der Waals surface area contributed by atoms with Gasteiger partial charge in [0, 0.05) is 6.54 Å². The molecule has 1 aliphatic heterocycles. The molecule has 1 aromatic carbocycles. The smallest absolute Gasteiger partial charge is 0.328 e. The Hall–Kier alpha value is -2.25. The van der Waals surface area contributed by atoms with Crippen LogP contribution in [-0.4, -0.2) is 24.2 Å². The van der Waals surface area contributed by atoms with E-state index in [1.54, 1.807) is 30.7 Å². The van der Waals surface area contributed by atoms with Gasteiger partial charge < -0.3 is 9.74 Å². The predicted molar refractivity (Wildman–Crippen MR) is 65.9 cm³/mol. The molecule has 0 radical (unpaired) electrons. The number of nitrogens with zero attached hydrogens (tertiary/aromatic N) is 1. The summed E-state index contributed by atoms with van der Waals surface area (Å²) in [6.07, 6.45) is -0.0585. The molecule has 0 bridgehead atoms. The van der Waals surface area contributed by atoms with E-state index in [2.05, 4.69) is 4.84 Å². The molecule has 0 aliphatic carbocycles. The van der Waals surface area contributed by atoms with Crippen LogP contribution in [0.15, 0.2) is 18.2 Å². The summed E-state index contributed by atoms with van der Waals surface area (Å²) in [5, 5.41) is 0. The zero-order valence-corrected chi connectivity index (χ0v) is 10.3. The Morgan fingerprint density at radius 1 is 1.42 bits per heavy atom.